The Morgan fingerprint density at radius 3 is 2.39 bits per heavy atom. The smallest absolute Gasteiger partial charge is 0.331 e. The number of aromatic amines is 1. The zero-order valence-electron chi connectivity index (χ0n) is 16.5. The zero-order chi connectivity index (χ0) is 20.8. The predicted molar refractivity (Wildman–Crippen MR) is 104 cm³/mol. The van der Waals surface area contributed by atoms with Gasteiger partial charge in [0.1, 0.15) is 0 Å². The summed E-state index contributed by atoms with van der Waals surface area (Å²) >= 11 is 0. The minimum absolute atomic E-state index is 0.127. The summed E-state index contributed by atoms with van der Waals surface area (Å²) < 4.78 is 15.5. The molecule has 0 amide bonds. The number of nitrogens with one attached hydrogen (secondary N) is 1. The number of aromatic nitrogens is 1. The van der Waals surface area contributed by atoms with Gasteiger partial charge in [-0.2, -0.15) is 0 Å². The summed E-state index contributed by atoms with van der Waals surface area (Å²) in [7, 11) is 3.02. The van der Waals surface area contributed by atoms with Crippen molar-refractivity contribution in [3.63, 3.8) is 0 Å². The summed E-state index contributed by atoms with van der Waals surface area (Å²) in [5.41, 5.74) is 2.56. The lowest BCUT2D eigenvalue weighted by molar-refractivity contribution is -0.136. The van der Waals surface area contributed by atoms with Crippen molar-refractivity contribution in [3.8, 4) is 11.5 Å². The molecule has 0 bridgehead atoms. The van der Waals surface area contributed by atoms with Gasteiger partial charge in [0.25, 0.3) is 0 Å². The van der Waals surface area contributed by atoms with Crippen LogP contribution in [0.1, 0.15) is 44.6 Å². The third-order valence-corrected chi connectivity index (χ3v) is 4.25. The van der Waals surface area contributed by atoms with Crippen molar-refractivity contribution >= 4 is 23.6 Å². The molecule has 0 unspecified atom stereocenters. The van der Waals surface area contributed by atoms with Crippen molar-refractivity contribution in [1.29, 1.82) is 0 Å². The van der Waals surface area contributed by atoms with Crippen molar-refractivity contribution in [2.75, 3.05) is 20.8 Å². The molecule has 1 heterocycles. The number of ketones is 2. The molecule has 2 aromatic rings. The highest BCUT2D eigenvalue weighted by Crippen LogP contribution is 2.31. The molecule has 0 saturated heterocycles. The number of Topliss-reactive ketones (excluding diaryl/α,β-unsaturated/α-hetero) is 2. The van der Waals surface area contributed by atoms with Crippen LogP contribution < -0.4 is 9.47 Å². The maximum Gasteiger partial charge on any atom is 0.331 e. The van der Waals surface area contributed by atoms with Gasteiger partial charge in [0.15, 0.2) is 23.9 Å². The summed E-state index contributed by atoms with van der Waals surface area (Å²) in [5.74, 6) is -0.191. The van der Waals surface area contributed by atoms with Crippen LogP contribution in [0.25, 0.3) is 6.08 Å². The van der Waals surface area contributed by atoms with Crippen LogP contribution in [-0.2, 0) is 9.53 Å². The molecule has 0 aliphatic carbocycles. The number of hydrogen-bond acceptors (Lipinski definition) is 6. The maximum atomic E-state index is 12.3. The van der Waals surface area contributed by atoms with E-state index in [1.807, 2.05) is 0 Å². The van der Waals surface area contributed by atoms with E-state index >= 15 is 0 Å². The molecule has 7 nitrogen and oxygen atoms in total. The molecule has 148 valence electrons. The van der Waals surface area contributed by atoms with E-state index in [4.69, 9.17) is 14.2 Å². The van der Waals surface area contributed by atoms with Gasteiger partial charge >= 0.3 is 5.97 Å². The molecule has 7 heteroatoms. The topological polar surface area (TPSA) is 94.7 Å². The number of aryl methyl sites for hydroxylation is 1. The standard InChI is InChI=1S/C21H23NO6/c1-12-19(14(3)23)13(2)22-20(12)16(24)11-28-18(25)10-9-15-7-6-8-17(26-4)21(15)27-5/h6-10,22H,11H2,1-5H3/b10-9+. The van der Waals surface area contributed by atoms with Crippen molar-refractivity contribution < 1.29 is 28.6 Å². The first-order chi connectivity index (χ1) is 13.3. The molecule has 2 rings (SSSR count). The van der Waals surface area contributed by atoms with Gasteiger partial charge < -0.3 is 19.2 Å². The minimum atomic E-state index is -0.675. The molecular formula is C21H23NO6. The second kappa shape index (κ2) is 9.03. The van der Waals surface area contributed by atoms with E-state index in [9.17, 15) is 14.4 Å². The van der Waals surface area contributed by atoms with Gasteiger partial charge in [-0.25, -0.2) is 4.79 Å². The number of esters is 1. The third-order valence-electron chi connectivity index (χ3n) is 4.25. The van der Waals surface area contributed by atoms with Crippen LogP contribution in [0.15, 0.2) is 24.3 Å². The van der Waals surface area contributed by atoms with Crippen LogP contribution in [-0.4, -0.2) is 43.3 Å². The summed E-state index contributed by atoms with van der Waals surface area (Å²) in [5, 5.41) is 0. The molecule has 1 N–H and O–H groups in total. The van der Waals surface area contributed by atoms with Crippen LogP contribution >= 0.6 is 0 Å². The molecule has 0 fully saturated rings. The zero-order valence-corrected chi connectivity index (χ0v) is 16.5. The lowest BCUT2D eigenvalue weighted by Crippen LogP contribution is -2.14. The predicted octanol–water partition coefficient (Wildman–Crippen LogP) is 3.29. The first-order valence-electron chi connectivity index (χ1n) is 8.59. The number of benzene rings is 1. The molecule has 1 aromatic carbocycles. The summed E-state index contributed by atoms with van der Waals surface area (Å²) in [4.78, 5) is 38.9. The normalized spacial score (nSPS) is 10.8. The van der Waals surface area contributed by atoms with Gasteiger partial charge in [-0.05, 0) is 38.5 Å². The van der Waals surface area contributed by atoms with Gasteiger partial charge in [0.05, 0.1) is 19.9 Å². The molecule has 1 aromatic heterocycles. The molecule has 0 saturated carbocycles. The maximum absolute atomic E-state index is 12.3. The highest BCUT2D eigenvalue weighted by atomic mass is 16.5. The van der Waals surface area contributed by atoms with E-state index in [-0.39, 0.29) is 11.5 Å². The summed E-state index contributed by atoms with van der Waals surface area (Å²) in [6, 6.07) is 5.26. The van der Waals surface area contributed by atoms with Crippen LogP contribution in [0.4, 0.5) is 0 Å². The van der Waals surface area contributed by atoms with Crippen molar-refractivity contribution in [2.24, 2.45) is 0 Å². The first kappa shape index (κ1) is 21.0. The van der Waals surface area contributed by atoms with E-state index in [1.165, 1.54) is 33.3 Å². The molecule has 0 atom stereocenters. The molecule has 28 heavy (non-hydrogen) atoms. The number of para-hydroxylation sites is 1. The number of hydrogen-bond donors (Lipinski definition) is 1. The second-order valence-corrected chi connectivity index (χ2v) is 6.13. The third kappa shape index (κ3) is 4.49. The Bertz CT molecular complexity index is 939. The fourth-order valence-corrected chi connectivity index (χ4v) is 3.01. The van der Waals surface area contributed by atoms with Gasteiger partial charge in [0, 0.05) is 22.9 Å². The van der Waals surface area contributed by atoms with E-state index in [1.54, 1.807) is 32.0 Å². The average Bonchev–Trinajstić information content (AvgIpc) is 2.98. The Labute approximate surface area is 163 Å². The monoisotopic (exact) mass is 385 g/mol. The Balaban J connectivity index is 2.05. The van der Waals surface area contributed by atoms with E-state index in [2.05, 4.69) is 4.98 Å². The van der Waals surface area contributed by atoms with Crippen LogP contribution in [0, 0.1) is 13.8 Å². The number of methoxy groups -OCH3 is 2. The first-order valence-corrected chi connectivity index (χ1v) is 8.59. The highest BCUT2D eigenvalue weighted by Gasteiger charge is 2.20. The lowest BCUT2D eigenvalue weighted by Gasteiger charge is -2.09. The Morgan fingerprint density at radius 2 is 1.82 bits per heavy atom. The highest BCUT2D eigenvalue weighted by molar-refractivity contribution is 6.04. The van der Waals surface area contributed by atoms with Crippen LogP contribution in [0.2, 0.25) is 0 Å². The minimum Gasteiger partial charge on any atom is -0.493 e. The molecular weight excluding hydrogens is 362 g/mol. The van der Waals surface area contributed by atoms with Gasteiger partial charge in [-0.1, -0.05) is 12.1 Å². The number of ether oxygens (including phenoxy) is 3. The molecule has 0 radical (unpaired) electrons. The van der Waals surface area contributed by atoms with E-state index < -0.39 is 18.4 Å². The summed E-state index contributed by atoms with van der Waals surface area (Å²) in [6.07, 6.45) is 2.73. The number of carbonyl (C=O) groups is 3. The Hall–Kier alpha value is -3.35. The van der Waals surface area contributed by atoms with Gasteiger partial charge in [0.2, 0.25) is 5.78 Å². The lowest BCUT2D eigenvalue weighted by atomic mass is 10.1. The van der Waals surface area contributed by atoms with Crippen LogP contribution in [0.5, 0.6) is 11.5 Å². The number of carbonyl (C=O) groups excluding carboxylic acids is 3. The largest absolute Gasteiger partial charge is 0.493 e. The van der Waals surface area contributed by atoms with Gasteiger partial charge in [-0.3, -0.25) is 9.59 Å². The van der Waals surface area contributed by atoms with Crippen LogP contribution in [0.3, 0.4) is 0 Å². The van der Waals surface area contributed by atoms with Gasteiger partial charge in [-0.15, -0.1) is 0 Å². The fourth-order valence-electron chi connectivity index (χ4n) is 3.01. The van der Waals surface area contributed by atoms with Crippen molar-refractivity contribution in [2.45, 2.75) is 20.8 Å². The quantitative estimate of drug-likeness (QED) is 0.426. The molecule has 0 spiro atoms. The Morgan fingerprint density at radius 1 is 1.11 bits per heavy atom. The van der Waals surface area contributed by atoms with Crippen molar-refractivity contribution in [1.82, 2.24) is 4.98 Å². The Kier molecular flexibility index (Phi) is 6.76. The molecule has 0 aliphatic rings. The molecule has 0 aliphatic heterocycles. The summed E-state index contributed by atoms with van der Waals surface area (Å²) in [6.45, 7) is 4.41. The SMILES string of the molecule is COc1cccc(/C=C/C(=O)OCC(=O)c2[nH]c(C)c(C(C)=O)c2C)c1OC. The second-order valence-electron chi connectivity index (χ2n) is 6.13. The fraction of sp³-hybridized carbons (Fsp3) is 0.286. The average molecular weight is 385 g/mol. The van der Waals surface area contributed by atoms with Crippen molar-refractivity contribution in [3.05, 3.63) is 52.4 Å². The number of H-pyrrole nitrogens is 1. The van der Waals surface area contributed by atoms with E-state index in [0.717, 1.165) is 0 Å². The number of rotatable bonds is 8. The van der Waals surface area contributed by atoms with E-state index in [0.29, 0.717) is 33.9 Å².